The maximum atomic E-state index is 11.5. The third-order valence-electron chi connectivity index (χ3n) is 8.31. The number of aromatic nitrogens is 1. The molecule has 11 nitrogen and oxygen atoms in total. The summed E-state index contributed by atoms with van der Waals surface area (Å²) in [7, 11) is 0. The number of rotatable bonds is 16. The molecule has 0 spiro atoms. The zero-order valence-electron chi connectivity index (χ0n) is 25.6. The standard InChI is InChI=1S/C17H26O10.C16H17N/c1-3-9(14(20)21)5-11(16(24)25)7-12(17(26)27)6-10(15(22)23)4-8(2)13(18)19;1-3-12(2)17-15-10-6-4-8-13(15)14-9-5-7-11-16(14)17/h8-12H,3-7H2,1-2H3,(H,18,19)(H,20,21)(H,22,23)(H,24,25)(H,26,27);4-12H,3H2,1-2H3. The lowest BCUT2D eigenvalue weighted by atomic mass is 9.80. The second-order valence-electron chi connectivity index (χ2n) is 11.4. The maximum Gasteiger partial charge on any atom is 0.306 e. The molecule has 1 heterocycles. The van der Waals surface area contributed by atoms with Crippen LogP contribution in [0.3, 0.4) is 0 Å². The van der Waals surface area contributed by atoms with Gasteiger partial charge in [0, 0.05) is 27.8 Å². The number of fused-ring (bicyclic) bond motifs is 3. The molecule has 0 aliphatic carbocycles. The minimum absolute atomic E-state index is 0.171. The minimum atomic E-state index is -1.40. The van der Waals surface area contributed by atoms with E-state index >= 15 is 0 Å². The van der Waals surface area contributed by atoms with E-state index in [9.17, 15) is 39.3 Å². The molecule has 0 fully saturated rings. The summed E-state index contributed by atoms with van der Waals surface area (Å²) in [6.07, 6.45) is -0.101. The van der Waals surface area contributed by atoms with Crippen molar-refractivity contribution in [3.05, 3.63) is 48.5 Å². The van der Waals surface area contributed by atoms with Gasteiger partial charge in [-0.25, -0.2) is 0 Å². The molecule has 0 aliphatic rings. The van der Waals surface area contributed by atoms with Crippen molar-refractivity contribution in [1.82, 2.24) is 4.57 Å². The Hall–Kier alpha value is -4.41. The fourth-order valence-electron chi connectivity index (χ4n) is 5.50. The second-order valence-corrected chi connectivity index (χ2v) is 11.4. The van der Waals surface area contributed by atoms with Crippen LogP contribution in [0.4, 0.5) is 0 Å². The Bertz CT molecular complexity index is 1410. The van der Waals surface area contributed by atoms with Gasteiger partial charge in [0.1, 0.15) is 0 Å². The molecule has 0 bridgehead atoms. The SMILES string of the molecule is CCC(C)n1c2ccccc2c2ccccc21.CCC(CC(CC(CC(CC(C)C(=O)O)C(=O)O)C(=O)O)C(=O)O)C(=O)O. The van der Waals surface area contributed by atoms with Crippen LogP contribution in [-0.4, -0.2) is 59.9 Å². The number of nitrogens with zero attached hydrogens (tertiary/aromatic N) is 1. The van der Waals surface area contributed by atoms with Crippen LogP contribution in [0.25, 0.3) is 21.8 Å². The van der Waals surface area contributed by atoms with Gasteiger partial charge in [-0.05, 0) is 57.6 Å². The Morgan fingerprint density at radius 1 is 0.545 bits per heavy atom. The van der Waals surface area contributed by atoms with E-state index in [1.807, 2.05) is 0 Å². The van der Waals surface area contributed by atoms with Crippen LogP contribution in [0.15, 0.2) is 48.5 Å². The zero-order chi connectivity index (χ0) is 33.1. The first kappa shape index (κ1) is 35.8. The van der Waals surface area contributed by atoms with Crippen molar-refractivity contribution in [2.75, 3.05) is 0 Å². The van der Waals surface area contributed by atoms with E-state index in [4.69, 9.17) is 10.2 Å². The summed E-state index contributed by atoms with van der Waals surface area (Å²) in [6.45, 7) is 7.40. The van der Waals surface area contributed by atoms with Crippen LogP contribution in [0.5, 0.6) is 0 Å². The summed E-state index contributed by atoms with van der Waals surface area (Å²) in [5.41, 5.74) is 2.70. The first-order chi connectivity index (χ1) is 20.7. The van der Waals surface area contributed by atoms with Crippen LogP contribution in [-0.2, 0) is 24.0 Å². The van der Waals surface area contributed by atoms with E-state index in [2.05, 4.69) is 66.9 Å². The molecule has 3 aromatic rings. The quantitative estimate of drug-likeness (QED) is 0.123. The van der Waals surface area contributed by atoms with Crippen molar-refractivity contribution in [3.63, 3.8) is 0 Å². The molecule has 0 radical (unpaired) electrons. The van der Waals surface area contributed by atoms with Crippen LogP contribution < -0.4 is 0 Å². The second kappa shape index (κ2) is 16.4. The number of benzene rings is 2. The monoisotopic (exact) mass is 613 g/mol. The van der Waals surface area contributed by atoms with Crippen LogP contribution in [0.1, 0.15) is 72.3 Å². The molecule has 0 amide bonds. The number of carbonyl (C=O) groups is 5. The molecule has 5 N–H and O–H groups in total. The van der Waals surface area contributed by atoms with Crippen molar-refractivity contribution >= 4 is 51.7 Å². The molecule has 240 valence electrons. The van der Waals surface area contributed by atoms with Crippen molar-refractivity contribution in [2.24, 2.45) is 29.6 Å². The number of aliphatic carboxylic acids is 5. The van der Waals surface area contributed by atoms with Gasteiger partial charge in [0.05, 0.1) is 29.6 Å². The molecule has 44 heavy (non-hydrogen) atoms. The largest absolute Gasteiger partial charge is 0.481 e. The smallest absolute Gasteiger partial charge is 0.306 e. The molecule has 0 saturated carbocycles. The molecule has 6 unspecified atom stereocenters. The normalized spacial score (nSPS) is 15.3. The number of carboxylic acid groups (broad SMARTS) is 5. The molecule has 3 rings (SSSR count). The summed E-state index contributed by atoms with van der Waals surface area (Å²) in [5, 5.41) is 48.6. The highest BCUT2D eigenvalue weighted by molar-refractivity contribution is 6.08. The minimum Gasteiger partial charge on any atom is -0.481 e. The third-order valence-corrected chi connectivity index (χ3v) is 8.31. The van der Waals surface area contributed by atoms with E-state index < -0.39 is 72.3 Å². The molecular formula is C33H43NO10. The van der Waals surface area contributed by atoms with Crippen molar-refractivity contribution in [1.29, 1.82) is 0 Å². The summed E-state index contributed by atoms with van der Waals surface area (Å²) >= 11 is 0. The Balaban J connectivity index is 0.000000335. The fourth-order valence-corrected chi connectivity index (χ4v) is 5.50. The van der Waals surface area contributed by atoms with Gasteiger partial charge in [0.25, 0.3) is 0 Å². The Morgan fingerprint density at radius 3 is 1.25 bits per heavy atom. The highest BCUT2D eigenvalue weighted by Crippen LogP contribution is 2.32. The summed E-state index contributed by atoms with van der Waals surface area (Å²) in [6, 6.07) is 17.9. The number of hydrogen-bond donors (Lipinski definition) is 5. The number of carboxylic acids is 5. The van der Waals surface area contributed by atoms with E-state index in [1.165, 1.54) is 28.7 Å². The van der Waals surface area contributed by atoms with Gasteiger partial charge in [-0.3, -0.25) is 24.0 Å². The van der Waals surface area contributed by atoms with Crippen LogP contribution in [0, 0.1) is 29.6 Å². The first-order valence-electron chi connectivity index (χ1n) is 14.8. The highest BCUT2D eigenvalue weighted by atomic mass is 16.4. The molecule has 0 saturated heterocycles. The Labute approximate surface area is 256 Å². The van der Waals surface area contributed by atoms with E-state index in [-0.39, 0.29) is 19.3 Å². The zero-order valence-corrected chi connectivity index (χ0v) is 25.6. The maximum absolute atomic E-state index is 11.5. The number of para-hydroxylation sites is 2. The molecular weight excluding hydrogens is 570 g/mol. The molecule has 2 aromatic carbocycles. The van der Waals surface area contributed by atoms with E-state index in [1.54, 1.807) is 6.92 Å². The van der Waals surface area contributed by atoms with Gasteiger partial charge in [-0.15, -0.1) is 0 Å². The topological polar surface area (TPSA) is 191 Å². The van der Waals surface area contributed by atoms with E-state index in [0.29, 0.717) is 6.04 Å². The predicted molar refractivity (Wildman–Crippen MR) is 165 cm³/mol. The lowest BCUT2D eigenvalue weighted by Gasteiger charge is -2.23. The average Bonchev–Trinajstić information content (AvgIpc) is 3.31. The van der Waals surface area contributed by atoms with Crippen molar-refractivity contribution < 1.29 is 49.5 Å². The average molecular weight is 614 g/mol. The van der Waals surface area contributed by atoms with Gasteiger partial charge in [-0.2, -0.15) is 0 Å². The first-order valence-corrected chi connectivity index (χ1v) is 14.8. The number of hydrogen-bond acceptors (Lipinski definition) is 5. The molecule has 0 aliphatic heterocycles. The lowest BCUT2D eigenvalue weighted by Crippen LogP contribution is -2.30. The van der Waals surface area contributed by atoms with Gasteiger partial charge in [0.2, 0.25) is 0 Å². The van der Waals surface area contributed by atoms with Gasteiger partial charge in [0.15, 0.2) is 0 Å². The van der Waals surface area contributed by atoms with Crippen LogP contribution >= 0.6 is 0 Å². The summed E-state index contributed by atoms with van der Waals surface area (Å²) < 4.78 is 2.46. The van der Waals surface area contributed by atoms with Gasteiger partial charge < -0.3 is 30.1 Å². The van der Waals surface area contributed by atoms with Crippen LogP contribution in [0.2, 0.25) is 0 Å². The predicted octanol–water partition coefficient (Wildman–Crippen LogP) is 6.25. The highest BCUT2D eigenvalue weighted by Gasteiger charge is 2.35. The van der Waals surface area contributed by atoms with Gasteiger partial charge >= 0.3 is 29.8 Å². The van der Waals surface area contributed by atoms with Crippen molar-refractivity contribution in [3.8, 4) is 0 Å². The Kier molecular flexibility index (Phi) is 13.4. The van der Waals surface area contributed by atoms with E-state index in [0.717, 1.165) is 6.42 Å². The van der Waals surface area contributed by atoms with Gasteiger partial charge in [-0.1, -0.05) is 57.2 Å². The molecule has 1 aromatic heterocycles. The lowest BCUT2D eigenvalue weighted by molar-refractivity contribution is -0.148. The molecule has 6 atom stereocenters. The summed E-state index contributed by atoms with van der Waals surface area (Å²) in [4.78, 5) is 56.4. The fraction of sp³-hybridized carbons (Fsp3) is 0.485. The molecule has 11 heteroatoms. The Morgan fingerprint density at radius 2 is 0.909 bits per heavy atom. The summed E-state index contributed by atoms with van der Waals surface area (Å²) in [5.74, 6) is -12.4. The van der Waals surface area contributed by atoms with Crippen molar-refractivity contribution in [2.45, 2.75) is 72.3 Å². The third kappa shape index (κ3) is 9.29.